The van der Waals surface area contributed by atoms with Gasteiger partial charge in [-0.3, -0.25) is 4.79 Å². The average Bonchev–Trinajstić information content (AvgIpc) is 3.24. The van der Waals surface area contributed by atoms with Crippen molar-refractivity contribution in [3.8, 4) is 0 Å². The van der Waals surface area contributed by atoms with Gasteiger partial charge in [0.05, 0.1) is 18.1 Å². The van der Waals surface area contributed by atoms with E-state index in [1.807, 2.05) is 0 Å². The molecule has 0 radical (unpaired) electrons. The number of piperidine rings is 1. The van der Waals surface area contributed by atoms with E-state index in [2.05, 4.69) is 0 Å². The minimum absolute atomic E-state index is 0.0837. The lowest BCUT2D eigenvalue weighted by molar-refractivity contribution is -0.161. The lowest BCUT2D eigenvalue weighted by atomic mass is 9.93. The van der Waals surface area contributed by atoms with Gasteiger partial charge >= 0.3 is 6.18 Å². The summed E-state index contributed by atoms with van der Waals surface area (Å²) in [6, 6.07) is 7.64. The summed E-state index contributed by atoms with van der Waals surface area (Å²) in [7, 11) is 0. The number of amides is 1. The largest absolute Gasteiger partial charge is 0.396 e. The first-order valence-corrected chi connectivity index (χ1v) is 7.43. The number of rotatable bonds is 3. The van der Waals surface area contributed by atoms with Crippen molar-refractivity contribution < 1.29 is 22.7 Å². The van der Waals surface area contributed by atoms with E-state index < -0.39 is 24.4 Å². The Balaban J connectivity index is 1.67. The summed E-state index contributed by atoms with van der Waals surface area (Å²) in [5.74, 6) is -2.17. The summed E-state index contributed by atoms with van der Waals surface area (Å²) < 4.78 is 45.2. The zero-order chi connectivity index (χ0) is 15.8. The number of ether oxygens (including phenoxy) is 1. The van der Waals surface area contributed by atoms with Crippen molar-refractivity contribution in [2.75, 3.05) is 19.7 Å². The summed E-state index contributed by atoms with van der Waals surface area (Å²) >= 11 is 0. The van der Waals surface area contributed by atoms with E-state index in [0.717, 1.165) is 12.8 Å². The Morgan fingerprint density at radius 3 is 2.32 bits per heavy atom. The molecule has 2 aliphatic heterocycles. The van der Waals surface area contributed by atoms with Crippen LogP contribution in [0.1, 0.15) is 30.7 Å². The summed E-state index contributed by atoms with van der Waals surface area (Å²) in [6.07, 6.45) is -3.50. The molecule has 3 rings (SSSR count). The maximum absolute atomic E-state index is 13.3. The molecule has 1 atom stereocenters. The number of alkyl halides is 3. The van der Waals surface area contributed by atoms with Gasteiger partial charge in [-0.1, -0.05) is 30.3 Å². The molecule has 1 aromatic rings. The highest BCUT2D eigenvalue weighted by atomic mass is 19.4. The van der Waals surface area contributed by atoms with Gasteiger partial charge in [0.2, 0.25) is 5.91 Å². The van der Waals surface area contributed by atoms with Crippen LogP contribution in [0, 0.1) is 0 Å². The van der Waals surface area contributed by atoms with Crippen LogP contribution in [0.4, 0.5) is 13.2 Å². The molecule has 1 spiro atoms. The van der Waals surface area contributed by atoms with Crippen molar-refractivity contribution in [1.29, 1.82) is 0 Å². The van der Waals surface area contributed by atoms with E-state index in [9.17, 15) is 18.0 Å². The van der Waals surface area contributed by atoms with Crippen molar-refractivity contribution in [3.63, 3.8) is 0 Å². The number of halogens is 3. The zero-order valence-electron chi connectivity index (χ0n) is 12.1. The Hall–Kier alpha value is -1.56. The summed E-state index contributed by atoms with van der Waals surface area (Å²) in [6.45, 7) is 1.68. The molecule has 2 aliphatic rings. The number of carbonyl (C=O) groups is 1. The van der Waals surface area contributed by atoms with Gasteiger partial charge in [-0.2, -0.15) is 13.2 Å². The highest BCUT2D eigenvalue weighted by Crippen LogP contribution is 2.40. The second kappa shape index (κ2) is 5.57. The molecule has 1 amide bonds. The predicted octanol–water partition coefficient (Wildman–Crippen LogP) is 3.11. The fraction of sp³-hybridized carbons (Fsp3) is 0.562. The van der Waals surface area contributed by atoms with E-state index in [4.69, 9.17) is 4.74 Å². The minimum atomic E-state index is -4.42. The highest BCUT2D eigenvalue weighted by Gasteiger charge is 2.48. The van der Waals surface area contributed by atoms with Crippen molar-refractivity contribution >= 4 is 5.91 Å². The lowest BCUT2D eigenvalue weighted by Crippen LogP contribution is -2.42. The van der Waals surface area contributed by atoms with Crippen molar-refractivity contribution in [3.05, 3.63) is 35.9 Å². The molecule has 3 nitrogen and oxygen atoms in total. The average molecular weight is 313 g/mol. The molecule has 0 unspecified atom stereocenters. The van der Waals surface area contributed by atoms with Gasteiger partial charge in [0.15, 0.2) is 0 Å². The molecule has 0 aliphatic carbocycles. The molecule has 2 fully saturated rings. The van der Waals surface area contributed by atoms with Gasteiger partial charge < -0.3 is 9.64 Å². The van der Waals surface area contributed by atoms with Gasteiger partial charge in [-0.15, -0.1) is 0 Å². The molecule has 2 saturated heterocycles. The van der Waals surface area contributed by atoms with Gasteiger partial charge in [0.25, 0.3) is 0 Å². The van der Waals surface area contributed by atoms with Crippen LogP contribution >= 0.6 is 0 Å². The zero-order valence-corrected chi connectivity index (χ0v) is 12.1. The third-order valence-electron chi connectivity index (χ3n) is 4.56. The van der Waals surface area contributed by atoms with E-state index in [1.165, 1.54) is 17.0 Å². The van der Waals surface area contributed by atoms with E-state index in [0.29, 0.717) is 19.7 Å². The predicted molar refractivity (Wildman–Crippen MR) is 74.4 cm³/mol. The first-order chi connectivity index (χ1) is 10.4. The number of hydrogen-bond donors (Lipinski definition) is 0. The Morgan fingerprint density at radius 1 is 1.23 bits per heavy atom. The Morgan fingerprint density at radius 2 is 1.82 bits per heavy atom. The molecule has 0 saturated carbocycles. The quantitative estimate of drug-likeness (QED) is 0.803. The third kappa shape index (κ3) is 3.27. The molecule has 120 valence electrons. The van der Waals surface area contributed by atoms with E-state index >= 15 is 0 Å². The van der Waals surface area contributed by atoms with Crippen molar-refractivity contribution in [2.45, 2.75) is 37.0 Å². The SMILES string of the molecule is O=C(C[C@H](c1ccccc1)C(F)(F)F)N1CCC2(CC1)CO2. The molecule has 1 aromatic carbocycles. The van der Waals surface area contributed by atoms with Crippen molar-refractivity contribution in [1.82, 2.24) is 4.90 Å². The van der Waals surface area contributed by atoms with Crippen LogP contribution in [0.5, 0.6) is 0 Å². The first-order valence-electron chi connectivity index (χ1n) is 7.43. The van der Waals surface area contributed by atoms with Crippen LogP contribution in [0.25, 0.3) is 0 Å². The Labute approximate surface area is 127 Å². The molecular weight excluding hydrogens is 295 g/mol. The van der Waals surface area contributed by atoms with E-state index in [1.54, 1.807) is 18.2 Å². The van der Waals surface area contributed by atoms with Gasteiger partial charge in [0, 0.05) is 19.5 Å². The topological polar surface area (TPSA) is 32.8 Å². The summed E-state index contributed by atoms with van der Waals surface area (Å²) in [4.78, 5) is 13.8. The smallest absolute Gasteiger partial charge is 0.369 e. The Kier molecular flexibility index (Phi) is 3.89. The number of epoxide rings is 1. The van der Waals surface area contributed by atoms with Gasteiger partial charge in [-0.05, 0) is 18.4 Å². The molecule has 2 heterocycles. The van der Waals surface area contributed by atoms with Gasteiger partial charge in [-0.25, -0.2) is 0 Å². The number of likely N-dealkylation sites (tertiary alicyclic amines) is 1. The van der Waals surface area contributed by atoms with Crippen LogP contribution in [0.3, 0.4) is 0 Å². The number of nitrogens with zero attached hydrogens (tertiary/aromatic N) is 1. The van der Waals surface area contributed by atoms with Crippen LogP contribution < -0.4 is 0 Å². The first kappa shape index (κ1) is 15.3. The van der Waals surface area contributed by atoms with E-state index in [-0.39, 0.29) is 11.2 Å². The third-order valence-corrected chi connectivity index (χ3v) is 4.56. The maximum atomic E-state index is 13.3. The van der Waals surface area contributed by atoms with Crippen LogP contribution in [-0.4, -0.2) is 42.3 Å². The monoisotopic (exact) mass is 313 g/mol. The second-order valence-electron chi connectivity index (χ2n) is 6.06. The normalized spacial score (nSPS) is 21.7. The molecule has 0 aromatic heterocycles. The standard InChI is InChI=1S/C16H18F3NO2/c17-16(18,19)13(12-4-2-1-3-5-12)10-14(21)20-8-6-15(7-9-20)11-22-15/h1-5,13H,6-11H2/t13-/m1/s1. The lowest BCUT2D eigenvalue weighted by Gasteiger charge is -2.32. The molecule has 0 N–H and O–H groups in total. The maximum Gasteiger partial charge on any atom is 0.396 e. The van der Waals surface area contributed by atoms with Crippen molar-refractivity contribution in [2.24, 2.45) is 0 Å². The molecule has 0 bridgehead atoms. The fourth-order valence-corrected chi connectivity index (χ4v) is 2.97. The number of hydrogen-bond acceptors (Lipinski definition) is 2. The van der Waals surface area contributed by atoms with Crippen LogP contribution in [-0.2, 0) is 9.53 Å². The Bertz CT molecular complexity index is 530. The number of carbonyl (C=O) groups excluding carboxylic acids is 1. The van der Waals surface area contributed by atoms with Gasteiger partial charge in [0.1, 0.15) is 0 Å². The second-order valence-corrected chi connectivity index (χ2v) is 6.06. The molecule has 22 heavy (non-hydrogen) atoms. The molecular formula is C16H18F3NO2. The van der Waals surface area contributed by atoms with Crippen LogP contribution in [0.2, 0.25) is 0 Å². The molecule has 6 heteroatoms. The minimum Gasteiger partial charge on any atom is -0.369 e. The van der Waals surface area contributed by atoms with Crippen LogP contribution in [0.15, 0.2) is 30.3 Å². The number of benzene rings is 1. The summed E-state index contributed by atoms with van der Waals surface area (Å²) in [5, 5.41) is 0. The summed E-state index contributed by atoms with van der Waals surface area (Å²) in [5.41, 5.74) is 0.0574. The fourth-order valence-electron chi connectivity index (χ4n) is 2.97. The highest BCUT2D eigenvalue weighted by molar-refractivity contribution is 5.77.